The third kappa shape index (κ3) is 21.9. The van der Waals surface area contributed by atoms with Gasteiger partial charge >= 0.3 is 48.9 Å². The van der Waals surface area contributed by atoms with Crippen LogP contribution in [0.1, 0.15) is 0 Å². The molecule has 4 radical (unpaired) electrons. The van der Waals surface area contributed by atoms with E-state index in [0.29, 0.717) is 0 Å². The minimum atomic E-state index is -2.69. The predicted octanol–water partition coefficient (Wildman–Crippen LogP) is -14.1. The monoisotopic (exact) mass is 658 g/mol. The Morgan fingerprint density at radius 2 is 0.800 bits per heavy atom. The topological polar surface area (TPSA) is 334 Å². The Kier molecular flexibility index (Phi) is 35.2. The van der Waals surface area contributed by atoms with Gasteiger partial charge in [0.2, 0.25) is 0 Å². The van der Waals surface area contributed by atoms with Crippen LogP contribution in [0, 0.1) is 0 Å². The molecule has 0 aliphatic carbocycles. The normalized spacial score (nSPS) is 15.3. The SMILES string of the molecule is C1CNCCN1.O.O.O=C([O-])C([O-])C(O)C(=O)[O-].O=C([O-])C([O-])C(O)C(=O)[O-].[Sb+3].[Sb+3]. The molecule has 1 fully saturated rings. The number of aliphatic carboxylic acids is 4. The first-order valence-electron chi connectivity index (χ1n) is 6.86. The van der Waals surface area contributed by atoms with Gasteiger partial charge in [0.15, 0.2) is 0 Å². The van der Waals surface area contributed by atoms with Crippen molar-refractivity contribution in [3.8, 4) is 0 Å². The molecule has 1 saturated heterocycles. The maximum absolute atomic E-state index is 10.0. The van der Waals surface area contributed by atoms with Crippen molar-refractivity contribution in [2.24, 2.45) is 0 Å². The van der Waals surface area contributed by atoms with E-state index in [1.807, 2.05) is 0 Å². The standard InChI is InChI=1S/C4H10N2.2C4H5O6.2H2O.2Sb/c1-2-6-4-3-5-1;2*5-1(3(7)8)2(6)4(9)10;;;;/h5-6H,1-4H2;2*1-2,5H,(H,7,8)(H,9,10);2*1H2;;/q;2*-1;;;2*+3/p-4. The van der Waals surface area contributed by atoms with E-state index in [4.69, 9.17) is 10.2 Å². The minimum absolute atomic E-state index is 0. The number of carboxylic acid groups (broad SMARTS) is 4. The quantitative estimate of drug-likeness (QED) is 0.192. The van der Waals surface area contributed by atoms with Crippen LogP contribution in [-0.4, -0.2) is 144 Å². The molecule has 1 heterocycles. The van der Waals surface area contributed by atoms with Crippen LogP contribution in [0.25, 0.3) is 0 Å². The van der Waals surface area contributed by atoms with E-state index < -0.39 is 48.3 Å². The van der Waals surface area contributed by atoms with Gasteiger partial charge in [0, 0.05) is 38.1 Å². The van der Waals surface area contributed by atoms with E-state index in [-0.39, 0.29) is 59.8 Å². The fourth-order valence-electron chi connectivity index (χ4n) is 1.11. The summed E-state index contributed by atoms with van der Waals surface area (Å²) in [5, 5.41) is 81.2. The zero-order valence-electron chi connectivity index (χ0n) is 15.0. The summed E-state index contributed by atoms with van der Waals surface area (Å²) in [5.41, 5.74) is 0. The van der Waals surface area contributed by atoms with Gasteiger partial charge in [0.25, 0.3) is 0 Å². The van der Waals surface area contributed by atoms with Crippen molar-refractivity contribution in [2.75, 3.05) is 26.2 Å². The molecule has 0 saturated carbocycles. The molecule has 0 aromatic rings. The van der Waals surface area contributed by atoms with Crippen LogP contribution in [0.15, 0.2) is 0 Å². The first-order valence-corrected chi connectivity index (χ1v) is 6.86. The van der Waals surface area contributed by atoms with Crippen LogP contribution >= 0.6 is 0 Å². The molecule has 1 aliphatic rings. The zero-order chi connectivity index (χ0) is 20.9. The summed E-state index contributed by atoms with van der Waals surface area (Å²) in [6.45, 7) is 4.56. The average Bonchev–Trinajstić information content (AvgIpc) is 2.61. The maximum atomic E-state index is 10.0. The number of rotatable bonds is 6. The number of aliphatic hydroxyl groups is 2. The molecule has 4 atom stereocenters. The molecule has 1 aliphatic heterocycles. The van der Waals surface area contributed by atoms with Crippen LogP contribution in [0.5, 0.6) is 0 Å². The fourth-order valence-corrected chi connectivity index (χ4v) is 1.11. The summed E-state index contributed by atoms with van der Waals surface area (Å²) >= 11 is 0. The van der Waals surface area contributed by atoms with E-state index in [1.165, 1.54) is 0 Å². The number of carbonyl (C=O) groups is 4. The third-order valence-electron chi connectivity index (χ3n) is 2.48. The van der Waals surface area contributed by atoms with Crippen LogP contribution in [0.2, 0.25) is 0 Å². The molecule has 0 spiro atoms. The summed E-state index contributed by atoms with van der Waals surface area (Å²) in [6, 6.07) is 0. The Morgan fingerprint density at radius 3 is 0.867 bits per heavy atom. The van der Waals surface area contributed by atoms with Crippen LogP contribution in [0.4, 0.5) is 0 Å². The van der Waals surface area contributed by atoms with Gasteiger partial charge in [0.05, 0.1) is 24.1 Å². The smallest absolute Gasteiger partial charge is 0.846 e. The molecule has 0 amide bonds. The van der Waals surface area contributed by atoms with E-state index in [0.717, 1.165) is 26.2 Å². The zero-order valence-corrected chi connectivity index (χ0v) is 20.1. The Hall–Kier alpha value is -0.804. The molecule has 0 aromatic carbocycles. The third-order valence-corrected chi connectivity index (χ3v) is 2.48. The van der Waals surface area contributed by atoms with Gasteiger partial charge in [-0.15, -0.1) is 0 Å². The van der Waals surface area contributed by atoms with Gasteiger partial charge < -0.3 is 81.6 Å². The summed E-state index contributed by atoms with van der Waals surface area (Å²) in [7, 11) is 0. The van der Waals surface area contributed by atoms with E-state index >= 15 is 0 Å². The number of nitrogens with one attached hydrogen (secondary N) is 2. The van der Waals surface area contributed by atoms with Crippen molar-refractivity contribution < 1.29 is 71.0 Å². The number of aliphatic hydroxyl groups excluding tert-OH is 2. The van der Waals surface area contributed by atoms with E-state index in [2.05, 4.69) is 10.6 Å². The van der Waals surface area contributed by atoms with Gasteiger partial charge in [-0.1, -0.05) is 12.2 Å². The van der Waals surface area contributed by atoms with Crippen molar-refractivity contribution in [1.82, 2.24) is 10.6 Å². The number of hydrogen-bond acceptors (Lipinski definition) is 14. The first kappa shape index (κ1) is 43.1. The molecule has 1 rings (SSSR count). The van der Waals surface area contributed by atoms with Gasteiger partial charge in [-0.3, -0.25) is 0 Å². The molecule has 0 aromatic heterocycles. The molecule has 0 bridgehead atoms. The molecule has 16 nitrogen and oxygen atoms in total. The van der Waals surface area contributed by atoms with Gasteiger partial charge in [-0.05, 0) is 0 Å². The van der Waals surface area contributed by atoms with E-state index in [9.17, 15) is 49.8 Å². The van der Waals surface area contributed by atoms with Gasteiger partial charge in [0.1, 0.15) is 0 Å². The number of carboxylic acids is 4. The summed E-state index contributed by atoms with van der Waals surface area (Å²) in [5.74, 6) is -8.58. The fraction of sp³-hybridized carbons (Fsp3) is 0.667. The van der Waals surface area contributed by atoms with Crippen molar-refractivity contribution in [3.63, 3.8) is 0 Å². The van der Waals surface area contributed by atoms with Crippen LogP contribution in [-0.2, 0) is 19.2 Å². The van der Waals surface area contributed by atoms with Gasteiger partial charge in [-0.2, -0.15) is 0 Å². The molecular weight excluding hydrogens is 640 g/mol. The van der Waals surface area contributed by atoms with Gasteiger partial charge in [-0.25, -0.2) is 0 Å². The molecule has 8 N–H and O–H groups in total. The number of carbonyl (C=O) groups excluding carboxylic acids is 4. The summed E-state index contributed by atoms with van der Waals surface area (Å²) in [4.78, 5) is 38.3. The molecule has 30 heavy (non-hydrogen) atoms. The van der Waals surface area contributed by atoms with Crippen molar-refractivity contribution in [2.45, 2.75) is 24.4 Å². The minimum Gasteiger partial charge on any atom is -0.846 e. The van der Waals surface area contributed by atoms with Crippen molar-refractivity contribution in [1.29, 1.82) is 0 Å². The maximum Gasteiger partial charge on any atom is 3.00 e. The second kappa shape index (κ2) is 24.5. The van der Waals surface area contributed by atoms with Crippen LogP contribution < -0.4 is 41.3 Å². The Morgan fingerprint density at radius 1 is 0.600 bits per heavy atom. The second-order valence-corrected chi connectivity index (χ2v) is 4.51. The number of hydrogen-bond donors (Lipinski definition) is 4. The predicted molar refractivity (Wildman–Crippen MR) is 84.1 cm³/mol. The second-order valence-electron chi connectivity index (χ2n) is 4.51. The summed E-state index contributed by atoms with van der Waals surface area (Å²) < 4.78 is 0. The average molecular weight is 660 g/mol. The Bertz CT molecular complexity index is 396. The molecule has 18 heteroatoms. The largest absolute Gasteiger partial charge is 3.00 e. The molecule has 172 valence electrons. The Labute approximate surface area is 204 Å². The molecular formula is C12H20N2O14Sb2. The van der Waals surface area contributed by atoms with Crippen LogP contribution in [0.3, 0.4) is 0 Å². The molecule has 4 unspecified atom stereocenters. The Balaban J connectivity index is -0.0000000690. The van der Waals surface area contributed by atoms with E-state index in [1.54, 1.807) is 0 Å². The first-order chi connectivity index (χ1) is 11.9. The number of piperazine rings is 1. The summed E-state index contributed by atoms with van der Waals surface area (Å²) in [6.07, 6.45) is -10.5. The van der Waals surface area contributed by atoms with Crippen molar-refractivity contribution >= 4 is 72.7 Å². The van der Waals surface area contributed by atoms with Crippen molar-refractivity contribution in [3.05, 3.63) is 0 Å².